The van der Waals surface area contributed by atoms with E-state index in [0.29, 0.717) is 11.8 Å². The van der Waals surface area contributed by atoms with Gasteiger partial charge in [0, 0.05) is 0 Å². The molecule has 2 aliphatic rings. The predicted octanol–water partition coefficient (Wildman–Crippen LogP) is 2.33. The number of aliphatic hydroxyl groups excluding tert-OH is 2. The van der Waals surface area contributed by atoms with Gasteiger partial charge in [0.15, 0.2) is 0 Å². The first-order chi connectivity index (χ1) is 7.22. The van der Waals surface area contributed by atoms with Crippen molar-refractivity contribution in [2.24, 2.45) is 17.8 Å². The Hall–Kier alpha value is -0.0800. The molecule has 0 amide bonds. The minimum absolute atomic E-state index is 0.364. The first-order valence-corrected chi connectivity index (χ1v) is 6.58. The topological polar surface area (TPSA) is 40.5 Å². The summed E-state index contributed by atoms with van der Waals surface area (Å²) in [5.74, 6) is 1.64. The Bertz CT molecular complexity index is 193. The van der Waals surface area contributed by atoms with E-state index in [-0.39, 0.29) is 0 Å². The number of aliphatic hydroxyl groups is 2. The van der Waals surface area contributed by atoms with Gasteiger partial charge in [-0.05, 0) is 43.4 Å². The molecular formula is C13H24O2. The van der Waals surface area contributed by atoms with Gasteiger partial charge >= 0.3 is 0 Å². The molecule has 0 radical (unpaired) electrons. The maximum Gasteiger partial charge on any atom is 0.0829 e. The molecule has 0 spiro atoms. The fourth-order valence-electron chi connectivity index (χ4n) is 2.93. The third-order valence-corrected chi connectivity index (χ3v) is 4.41. The normalized spacial score (nSPS) is 36.2. The summed E-state index contributed by atoms with van der Waals surface area (Å²) in [6.07, 6.45) is 7.33. The lowest BCUT2D eigenvalue weighted by Gasteiger charge is -2.33. The molecule has 2 nitrogen and oxygen atoms in total. The van der Waals surface area contributed by atoms with Crippen LogP contribution < -0.4 is 0 Å². The summed E-state index contributed by atoms with van der Waals surface area (Å²) in [5.41, 5.74) is 0. The molecule has 0 aromatic carbocycles. The molecule has 2 unspecified atom stereocenters. The highest BCUT2D eigenvalue weighted by atomic mass is 16.3. The van der Waals surface area contributed by atoms with Gasteiger partial charge in [-0.15, -0.1) is 0 Å². The third kappa shape index (κ3) is 2.73. The van der Waals surface area contributed by atoms with Crippen molar-refractivity contribution >= 4 is 0 Å². The van der Waals surface area contributed by atoms with Crippen molar-refractivity contribution in [3.63, 3.8) is 0 Å². The zero-order valence-electron chi connectivity index (χ0n) is 9.73. The van der Waals surface area contributed by atoms with Gasteiger partial charge in [-0.1, -0.05) is 26.2 Å². The second-order valence-electron chi connectivity index (χ2n) is 5.51. The Morgan fingerprint density at radius 1 is 0.867 bits per heavy atom. The van der Waals surface area contributed by atoms with E-state index in [0.717, 1.165) is 31.6 Å². The molecule has 0 saturated heterocycles. The molecule has 0 aromatic rings. The molecule has 2 rings (SSSR count). The second kappa shape index (κ2) is 4.84. The lowest BCUT2D eigenvalue weighted by atomic mass is 9.77. The van der Waals surface area contributed by atoms with E-state index < -0.39 is 12.2 Å². The van der Waals surface area contributed by atoms with E-state index in [4.69, 9.17) is 0 Å². The zero-order valence-corrected chi connectivity index (χ0v) is 9.73. The number of hydrogen-bond donors (Lipinski definition) is 2. The highest BCUT2D eigenvalue weighted by Crippen LogP contribution is 2.39. The van der Waals surface area contributed by atoms with Gasteiger partial charge in [0.1, 0.15) is 0 Å². The van der Waals surface area contributed by atoms with Crippen molar-refractivity contribution in [1.82, 2.24) is 0 Å². The van der Waals surface area contributed by atoms with Crippen LogP contribution in [0.5, 0.6) is 0 Å². The van der Waals surface area contributed by atoms with Gasteiger partial charge in [-0.25, -0.2) is 0 Å². The first kappa shape index (κ1) is 11.4. The Balaban J connectivity index is 1.78. The van der Waals surface area contributed by atoms with Gasteiger partial charge in [0.05, 0.1) is 12.2 Å². The largest absolute Gasteiger partial charge is 0.390 e. The minimum Gasteiger partial charge on any atom is -0.390 e. The lowest BCUT2D eigenvalue weighted by molar-refractivity contribution is -0.0409. The number of rotatable bonds is 4. The monoisotopic (exact) mass is 212 g/mol. The van der Waals surface area contributed by atoms with Crippen LogP contribution in [-0.2, 0) is 0 Å². The van der Waals surface area contributed by atoms with Crippen LogP contribution in [0.25, 0.3) is 0 Å². The van der Waals surface area contributed by atoms with E-state index in [1.165, 1.54) is 19.3 Å². The molecule has 2 N–H and O–H groups in total. The SMILES string of the molecule is CCC1CCC(C(O)C(O)C2CC2)CC1. The fourth-order valence-corrected chi connectivity index (χ4v) is 2.93. The van der Waals surface area contributed by atoms with E-state index in [1.807, 2.05) is 0 Å². The van der Waals surface area contributed by atoms with Crippen LogP contribution in [0.15, 0.2) is 0 Å². The summed E-state index contributed by atoms with van der Waals surface area (Å²) >= 11 is 0. The maximum atomic E-state index is 10.1. The summed E-state index contributed by atoms with van der Waals surface area (Å²) in [6, 6.07) is 0. The molecule has 2 heteroatoms. The summed E-state index contributed by atoms with van der Waals surface area (Å²) < 4.78 is 0. The highest BCUT2D eigenvalue weighted by molar-refractivity contribution is 4.89. The van der Waals surface area contributed by atoms with Gasteiger partial charge in [-0.3, -0.25) is 0 Å². The first-order valence-electron chi connectivity index (χ1n) is 6.58. The Labute approximate surface area is 92.7 Å². The molecule has 0 aliphatic heterocycles. The smallest absolute Gasteiger partial charge is 0.0829 e. The van der Waals surface area contributed by atoms with Crippen LogP contribution in [-0.4, -0.2) is 22.4 Å². The Morgan fingerprint density at radius 3 is 1.60 bits per heavy atom. The van der Waals surface area contributed by atoms with Gasteiger partial charge in [-0.2, -0.15) is 0 Å². The quantitative estimate of drug-likeness (QED) is 0.751. The summed E-state index contributed by atoms with van der Waals surface area (Å²) in [7, 11) is 0. The molecular weight excluding hydrogens is 188 g/mol. The maximum absolute atomic E-state index is 10.1. The van der Waals surface area contributed by atoms with Crippen LogP contribution in [0.2, 0.25) is 0 Å². The Morgan fingerprint density at radius 2 is 1.27 bits per heavy atom. The van der Waals surface area contributed by atoms with Crippen LogP contribution in [0, 0.1) is 17.8 Å². The standard InChI is InChI=1S/C13H24O2/c1-2-9-3-5-10(6-4-9)12(14)13(15)11-7-8-11/h9-15H,2-8H2,1H3. The van der Waals surface area contributed by atoms with Crippen LogP contribution >= 0.6 is 0 Å². The van der Waals surface area contributed by atoms with E-state index in [1.54, 1.807) is 0 Å². The van der Waals surface area contributed by atoms with Crippen LogP contribution in [0.4, 0.5) is 0 Å². The predicted molar refractivity (Wildman–Crippen MR) is 60.5 cm³/mol. The van der Waals surface area contributed by atoms with Crippen molar-refractivity contribution in [2.75, 3.05) is 0 Å². The number of hydrogen-bond acceptors (Lipinski definition) is 2. The summed E-state index contributed by atoms with van der Waals surface area (Å²) in [6.45, 7) is 2.25. The molecule has 88 valence electrons. The van der Waals surface area contributed by atoms with Gasteiger partial charge in [0.2, 0.25) is 0 Å². The van der Waals surface area contributed by atoms with Crippen LogP contribution in [0.3, 0.4) is 0 Å². The van der Waals surface area contributed by atoms with E-state index in [2.05, 4.69) is 6.92 Å². The molecule has 15 heavy (non-hydrogen) atoms. The molecule has 2 saturated carbocycles. The third-order valence-electron chi connectivity index (χ3n) is 4.41. The molecule has 2 aliphatic carbocycles. The fraction of sp³-hybridized carbons (Fsp3) is 1.00. The molecule has 0 aromatic heterocycles. The minimum atomic E-state index is -0.449. The van der Waals surface area contributed by atoms with Crippen molar-refractivity contribution in [1.29, 1.82) is 0 Å². The highest BCUT2D eigenvalue weighted by Gasteiger charge is 2.38. The van der Waals surface area contributed by atoms with Crippen molar-refractivity contribution in [2.45, 2.75) is 64.1 Å². The van der Waals surface area contributed by atoms with Crippen molar-refractivity contribution in [3.05, 3.63) is 0 Å². The van der Waals surface area contributed by atoms with Crippen molar-refractivity contribution in [3.8, 4) is 0 Å². The molecule has 2 fully saturated rings. The van der Waals surface area contributed by atoms with Crippen molar-refractivity contribution < 1.29 is 10.2 Å². The Kier molecular flexibility index (Phi) is 3.68. The van der Waals surface area contributed by atoms with E-state index in [9.17, 15) is 10.2 Å². The second-order valence-corrected chi connectivity index (χ2v) is 5.51. The zero-order chi connectivity index (χ0) is 10.8. The lowest BCUT2D eigenvalue weighted by Crippen LogP contribution is -2.36. The van der Waals surface area contributed by atoms with Crippen LogP contribution in [0.1, 0.15) is 51.9 Å². The molecule has 0 bridgehead atoms. The summed E-state index contributed by atoms with van der Waals surface area (Å²) in [4.78, 5) is 0. The summed E-state index contributed by atoms with van der Waals surface area (Å²) in [5, 5.41) is 19.9. The van der Waals surface area contributed by atoms with Gasteiger partial charge in [0.25, 0.3) is 0 Å². The molecule has 0 heterocycles. The molecule has 2 atom stereocenters. The average molecular weight is 212 g/mol. The average Bonchev–Trinajstić information content (AvgIpc) is 3.11. The van der Waals surface area contributed by atoms with E-state index >= 15 is 0 Å². The van der Waals surface area contributed by atoms with Gasteiger partial charge < -0.3 is 10.2 Å².